The number of rotatable bonds is 2. The summed E-state index contributed by atoms with van der Waals surface area (Å²) in [5, 5.41) is 0. The predicted molar refractivity (Wildman–Crippen MR) is 56.2 cm³/mol. The Hall–Kier alpha value is -1.90. The molecule has 0 spiro atoms. The molecule has 2 nitrogen and oxygen atoms in total. The molecule has 3 heteroatoms. The van der Waals surface area contributed by atoms with E-state index in [0.717, 1.165) is 11.3 Å². The molecule has 0 aliphatic heterocycles. The molecule has 0 unspecified atom stereocenters. The number of hydrogen-bond donors (Lipinski definition) is 0. The van der Waals surface area contributed by atoms with Gasteiger partial charge in [0.1, 0.15) is 11.6 Å². The fourth-order valence-corrected chi connectivity index (χ4v) is 1.39. The summed E-state index contributed by atoms with van der Waals surface area (Å²) in [6, 6.07) is 10.5. The maximum absolute atomic E-state index is 12.7. The van der Waals surface area contributed by atoms with Crippen LogP contribution in [0.3, 0.4) is 0 Å². The van der Waals surface area contributed by atoms with Crippen molar-refractivity contribution in [1.29, 1.82) is 0 Å². The van der Waals surface area contributed by atoms with Crippen LogP contribution >= 0.6 is 0 Å². The lowest BCUT2D eigenvalue weighted by Gasteiger charge is -2.06. The van der Waals surface area contributed by atoms with Crippen LogP contribution in [-0.4, -0.2) is 12.1 Å². The zero-order chi connectivity index (χ0) is 10.7. The number of benzene rings is 1. The van der Waals surface area contributed by atoms with Crippen molar-refractivity contribution < 1.29 is 9.13 Å². The third kappa shape index (κ3) is 1.96. The van der Waals surface area contributed by atoms with Gasteiger partial charge in [0, 0.05) is 5.56 Å². The lowest BCUT2D eigenvalue weighted by molar-refractivity contribution is 0.416. The van der Waals surface area contributed by atoms with Crippen LogP contribution in [0.2, 0.25) is 0 Å². The molecular formula is C12H10FNO. The van der Waals surface area contributed by atoms with Crippen molar-refractivity contribution >= 4 is 0 Å². The van der Waals surface area contributed by atoms with E-state index in [0.29, 0.717) is 5.69 Å². The van der Waals surface area contributed by atoms with Gasteiger partial charge in [-0.1, -0.05) is 12.1 Å². The molecule has 1 aromatic carbocycles. The lowest BCUT2D eigenvalue weighted by Crippen LogP contribution is -1.89. The predicted octanol–water partition coefficient (Wildman–Crippen LogP) is 2.90. The summed E-state index contributed by atoms with van der Waals surface area (Å²) in [5.74, 6) is 0.394. The fourth-order valence-electron chi connectivity index (χ4n) is 1.39. The Balaban J connectivity index is 2.49. The number of aromatic nitrogens is 1. The van der Waals surface area contributed by atoms with Crippen molar-refractivity contribution in [2.75, 3.05) is 7.11 Å². The van der Waals surface area contributed by atoms with E-state index in [-0.39, 0.29) is 5.82 Å². The Bertz CT molecular complexity index is 453. The third-order valence-electron chi connectivity index (χ3n) is 2.11. The Morgan fingerprint density at radius 1 is 1.13 bits per heavy atom. The summed E-state index contributed by atoms with van der Waals surface area (Å²) in [4.78, 5) is 4.00. The first kappa shape index (κ1) is 9.65. The fraction of sp³-hybridized carbons (Fsp3) is 0.0833. The highest BCUT2D eigenvalue weighted by atomic mass is 19.1. The van der Waals surface area contributed by atoms with Crippen LogP contribution in [0.4, 0.5) is 4.39 Å². The van der Waals surface area contributed by atoms with E-state index in [2.05, 4.69) is 4.98 Å². The van der Waals surface area contributed by atoms with Crippen LogP contribution < -0.4 is 4.74 Å². The van der Waals surface area contributed by atoms with E-state index < -0.39 is 0 Å². The molecule has 15 heavy (non-hydrogen) atoms. The first-order valence-electron chi connectivity index (χ1n) is 4.56. The molecule has 0 fully saturated rings. The van der Waals surface area contributed by atoms with E-state index in [1.165, 1.54) is 12.3 Å². The van der Waals surface area contributed by atoms with Crippen molar-refractivity contribution in [2.45, 2.75) is 0 Å². The van der Waals surface area contributed by atoms with Gasteiger partial charge in [-0.05, 0) is 24.3 Å². The van der Waals surface area contributed by atoms with Gasteiger partial charge < -0.3 is 4.74 Å². The van der Waals surface area contributed by atoms with Crippen LogP contribution in [0.15, 0.2) is 42.6 Å². The average molecular weight is 203 g/mol. The van der Waals surface area contributed by atoms with Crippen LogP contribution in [0.25, 0.3) is 11.3 Å². The molecule has 0 aliphatic carbocycles. The van der Waals surface area contributed by atoms with Gasteiger partial charge in [0.25, 0.3) is 0 Å². The largest absolute Gasteiger partial charge is 0.496 e. The van der Waals surface area contributed by atoms with Gasteiger partial charge in [-0.3, -0.25) is 4.98 Å². The maximum Gasteiger partial charge on any atom is 0.141 e. The van der Waals surface area contributed by atoms with Crippen molar-refractivity contribution in [1.82, 2.24) is 4.98 Å². The summed E-state index contributed by atoms with van der Waals surface area (Å²) >= 11 is 0. The second-order valence-electron chi connectivity index (χ2n) is 3.06. The van der Waals surface area contributed by atoms with E-state index in [9.17, 15) is 4.39 Å². The highest BCUT2D eigenvalue weighted by Gasteiger charge is 2.05. The first-order valence-corrected chi connectivity index (χ1v) is 4.56. The second-order valence-corrected chi connectivity index (χ2v) is 3.06. The minimum atomic E-state index is -0.339. The van der Waals surface area contributed by atoms with Gasteiger partial charge in [-0.15, -0.1) is 0 Å². The maximum atomic E-state index is 12.7. The SMILES string of the molecule is COc1ccccc1-c1ccc(F)cn1. The number of nitrogens with zero attached hydrogens (tertiary/aromatic N) is 1. The topological polar surface area (TPSA) is 22.1 Å². The molecule has 1 aromatic heterocycles. The summed E-state index contributed by atoms with van der Waals surface area (Å²) in [6.45, 7) is 0. The normalized spacial score (nSPS) is 10.0. The smallest absolute Gasteiger partial charge is 0.141 e. The molecule has 0 radical (unpaired) electrons. The Labute approximate surface area is 87.4 Å². The number of para-hydroxylation sites is 1. The average Bonchev–Trinajstić information content (AvgIpc) is 2.30. The van der Waals surface area contributed by atoms with E-state index >= 15 is 0 Å². The zero-order valence-corrected chi connectivity index (χ0v) is 8.27. The summed E-state index contributed by atoms with van der Waals surface area (Å²) in [6.07, 6.45) is 1.20. The molecule has 0 amide bonds. The third-order valence-corrected chi connectivity index (χ3v) is 2.11. The second kappa shape index (κ2) is 4.09. The van der Waals surface area contributed by atoms with Crippen molar-refractivity contribution in [2.24, 2.45) is 0 Å². The Morgan fingerprint density at radius 2 is 1.93 bits per heavy atom. The summed E-state index contributed by atoms with van der Waals surface area (Å²) in [5.41, 5.74) is 1.56. The van der Waals surface area contributed by atoms with Gasteiger partial charge in [-0.2, -0.15) is 0 Å². The molecule has 1 heterocycles. The number of pyridine rings is 1. The number of methoxy groups -OCH3 is 1. The lowest BCUT2D eigenvalue weighted by atomic mass is 10.1. The quantitative estimate of drug-likeness (QED) is 0.748. The van der Waals surface area contributed by atoms with E-state index in [4.69, 9.17) is 4.74 Å². The highest BCUT2D eigenvalue weighted by molar-refractivity contribution is 5.66. The van der Waals surface area contributed by atoms with Gasteiger partial charge in [0.05, 0.1) is 19.0 Å². The molecule has 0 bridgehead atoms. The number of ether oxygens (including phenoxy) is 1. The minimum absolute atomic E-state index is 0.339. The molecule has 0 saturated heterocycles. The molecular weight excluding hydrogens is 193 g/mol. The van der Waals surface area contributed by atoms with E-state index in [1.54, 1.807) is 13.2 Å². The van der Waals surface area contributed by atoms with Crippen LogP contribution in [0, 0.1) is 5.82 Å². The van der Waals surface area contributed by atoms with E-state index in [1.807, 2.05) is 24.3 Å². The first-order chi connectivity index (χ1) is 7.31. The van der Waals surface area contributed by atoms with Gasteiger partial charge in [0.15, 0.2) is 0 Å². The molecule has 2 aromatic rings. The number of halogens is 1. The van der Waals surface area contributed by atoms with Crippen LogP contribution in [-0.2, 0) is 0 Å². The monoisotopic (exact) mass is 203 g/mol. The molecule has 0 N–H and O–H groups in total. The van der Waals surface area contributed by atoms with Crippen LogP contribution in [0.5, 0.6) is 5.75 Å². The zero-order valence-electron chi connectivity index (χ0n) is 8.27. The van der Waals surface area contributed by atoms with Gasteiger partial charge in [0.2, 0.25) is 0 Å². The minimum Gasteiger partial charge on any atom is -0.496 e. The van der Waals surface area contributed by atoms with Crippen molar-refractivity contribution in [3.05, 3.63) is 48.4 Å². The summed E-state index contributed by atoms with van der Waals surface area (Å²) in [7, 11) is 1.60. The standard InChI is InChI=1S/C12H10FNO/c1-15-12-5-3-2-4-10(12)11-7-6-9(13)8-14-11/h2-8H,1H3. The van der Waals surface area contributed by atoms with Gasteiger partial charge >= 0.3 is 0 Å². The van der Waals surface area contributed by atoms with Gasteiger partial charge in [-0.25, -0.2) is 4.39 Å². The molecule has 0 aliphatic rings. The number of hydrogen-bond acceptors (Lipinski definition) is 2. The molecule has 0 saturated carbocycles. The molecule has 2 rings (SSSR count). The van der Waals surface area contributed by atoms with Crippen molar-refractivity contribution in [3.8, 4) is 17.0 Å². The van der Waals surface area contributed by atoms with Crippen LogP contribution in [0.1, 0.15) is 0 Å². The molecule has 76 valence electrons. The summed E-state index contributed by atoms with van der Waals surface area (Å²) < 4.78 is 17.9. The molecule has 0 atom stereocenters. The Kier molecular flexibility index (Phi) is 2.63. The highest BCUT2D eigenvalue weighted by Crippen LogP contribution is 2.27. The Morgan fingerprint density at radius 3 is 2.60 bits per heavy atom. The van der Waals surface area contributed by atoms with Crippen molar-refractivity contribution in [3.63, 3.8) is 0 Å².